The number of nitrogens with one attached hydrogen (secondary N) is 1. The fourth-order valence-electron chi connectivity index (χ4n) is 4.40. The second kappa shape index (κ2) is 10.8. The monoisotopic (exact) mass is 515 g/mol. The van der Waals surface area contributed by atoms with Gasteiger partial charge in [0.15, 0.2) is 5.69 Å². The smallest absolute Gasteiger partial charge is 0.391 e. The van der Waals surface area contributed by atoms with Crippen molar-refractivity contribution in [2.45, 2.75) is 71.2 Å². The van der Waals surface area contributed by atoms with Crippen LogP contribution in [-0.4, -0.2) is 46.2 Å². The Kier molecular flexibility index (Phi) is 8.42. The van der Waals surface area contributed by atoms with Gasteiger partial charge in [0.25, 0.3) is 5.91 Å². The highest BCUT2D eigenvalue weighted by Crippen LogP contribution is 2.39. The van der Waals surface area contributed by atoms with Crippen molar-refractivity contribution in [1.82, 2.24) is 15.1 Å². The molecule has 0 aliphatic heterocycles. The van der Waals surface area contributed by atoms with E-state index in [1.54, 1.807) is 22.9 Å². The van der Waals surface area contributed by atoms with Crippen molar-refractivity contribution in [3.05, 3.63) is 34.5 Å². The average Bonchev–Trinajstić information content (AvgIpc) is 3.15. The standard InChI is InChI=1S/C25H33ClF3N3O3/c1-5-32-22(18-7-6-17(13-19(18)35-4)12-16(3)25(27,28)29)20(26)21(31-32)23(33)30-14-24(34)10-8-15(2)9-11-24/h6-7,13,15-16,34H,5,8-12,14H2,1-4H3,(H,30,33). The highest BCUT2D eigenvalue weighted by molar-refractivity contribution is 6.36. The van der Waals surface area contributed by atoms with E-state index in [-0.39, 0.29) is 23.7 Å². The Labute approximate surface area is 208 Å². The number of nitrogens with zero attached hydrogens (tertiary/aromatic N) is 2. The van der Waals surface area contributed by atoms with Crippen LogP contribution >= 0.6 is 11.6 Å². The summed E-state index contributed by atoms with van der Waals surface area (Å²) in [6, 6.07) is 4.79. The Morgan fingerprint density at radius 3 is 2.60 bits per heavy atom. The van der Waals surface area contributed by atoms with Crippen molar-refractivity contribution in [3.63, 3.8) is 0 Å². The molecule has 1 unspecified atom stereocenters. The molecule has 1 atom stereocenters. The van der Waals surface area contributed by atoms with Gasteiger partial charge in [0.05, 0.1) is 29.3 Å². The number of alkyl halides is 3. The largest absolute Gasteiger partial charge is 0.496 e. The maximum absolute atomic E-state index is 13.0. The Bertz CT molecular complexity index is 1050. The van der Waals surface area contributed by atoms with E-state index in [9.17, 15) is 23.1 Å². The summed E-state index contributed by atoms with van der Waals surface area (Å²) in [4.78, 5) is 12.9. The van der Waals surface area contributed by atoms with E-state index in [2.05, 4.69) is 17.3 Å². The van der Waals surface area contributed by atoms with Gasteiger partial charge >= 0.3 is 6.18 Å². The van der Waals surface area contributed by atoms with Gasteiger partial charge in [-0.15, -0.1) is 0 Å². The normalized spacial score (nSPS) is 21.6. The van der Waals surface area contributed by atoms with Crippen molar-refractivity contribution < 1.29 is 27.8 Å². The molecular weight excluding hydrogens is 483 g/mol. The Hall–Kier alpha value is -2.26. The maximum Gasteiger partial charge on any atom is 0.391 e. The zero-order valence-corrected chi connectivity index (χ0v) is 21.3. The molecule has 0 spiro atoms. The Morgan fingerprint density at radius 2 is 2.03 bits per heavy atom. The van der Waals surface area contributed by atoms with Crippen LogP contribution in [0.2, 0.25) is 5.02 Å². The number of amides is 1. The summed E-state index contributed by atoms with van der Waals surface area (Å²) in [5.74, 6) is -1.10. The van der Waals surface area contributed by atoms with E-state index in [0.29, 0.717) is 47.9 Å². The van der Waals surface area contributed by atoms with Gasteiger partial charge in [-0.2, -0.15) is 18.3 Å². The van der Waals surface area contributed by atoms with Crippen LogP contribution in [0.4, 0.5) is 13.2 Å². The lowest BCUT2D eigenvalue weighted by atomic mass is 9.79. The summed E-state index contributed by atoms with van der Waals surface area (Å²) in [6.07, 6.45) is -1.43. The number of rotatable bonds is 8. The third-order valence-electron chi connectivity index (χ3n) is 6.81. The topological polar surface area (TPSA) is 76.4 Å². The number of ether oxygens (including phenoxy) is 1. The van der Waals surface area contributed by atoms with E-state index in [4.69, 9.17) is 16.3 Å². The summed E-state index contributed by atoms with van der Waals surface area (Å²) in [7, 11) is 1.43. The first kappa shape index (κ1) is 27.3. The van der Waals surface area contributed by atoms with Gasteiger partial charge in [0.1, 0.15) is 5.75 Å². The lowest BCUT2D eigenvalue weighted by Gasteiger charge is -2.34. The maximum atomic E-state index is 13.0. The molecule has 1 aromatic carbocycles. The lowest BCUT2D eigenvalue weighted by Crippen LogP contribution is -2.45. The van der Waals surface area contributed by atoms with Gasteiger partial charge in [0, 0.05) is 18.7 Å². The number of aromatic nitrogens is 2. The highest BCUT2D eigenvalue weighted by atomic mass is 35.5. The highest BCUT2D eigenvalue weighted by Gasteiger charge is 2.36. The van der Waals surface area contributed by atoms with Gasteiger partial charge in [0.2, 0.25) is 0 Å². The van der Waals surface area contributed by atoms with E-state index in [1.807, 2.05) is 6.92 Å². The third-order valence-corrected chi connectivity index (χ3v) is 7.17. The number of aryl methyl sites for hydroxylation is 1. The molecule has 6 nitrogen and oxygen atoms in total. The Balaban J connectivity index is 1.85. The van der Waals surface area contributed by atoms with E-state index in [1.165, 1.54) is 7.11 Å². The third kappa shape index (κ3) is 6.30. The zero-order valence-electron chi connectivity index (χ0n) is 20.5. The molecule has 1 amide bonds. The van der Waals surface area contributed by atoms with Crippen molar-refractivity contribution in [3.8, 4) is 17.0 Å². The zero-order chi connectivity index (χ0) is 26.0. The van der Waals surface area contributed by atoms with Crippen LogP contribution in [0.1, 0.15) is 62.5 Å². The van der Waals surface area contributed by atoms with Gasteiger partial charge in [-0.25, -0.2) is 0 Å². The first-order chi connectivity index (χ1) is 16.4. The van der Waals surface area contributed by atoms with E-state index >= 15 is 0 Å². The second-order valence-corrected chi connectivity index (χ2v) is 9.98. The number of carbonyl (C=O) groups is 1. The van der Waals surface area contributed by atoms with Crippen molar-refractivity contribution >= 4 is 17.5 Å². The number of aliphatic hydroxyl groups is 1. The molecule has 1 fully saturated rings. The number of hydrogen-bond acceptors (Lipinski definition) is 4. The summed E-state index contributed by atoms with van der Waals surface area (Å²) in [5.41, 5.74) is 0.512. The summed E-state index contributed by atoms with van der Waals surface area (Å²) in [6.45, 7) is 5.64. The number of benzene rings is 1. The van der Waals surface area contributed by atoms with E-state index in [0.717, 1.165) is 19.8 Å². The molecule has 0 saturated heterocycles. The summed E-state index contributed by atoms with van der Waals surface area (Å²) in [5, 5.41) is 18.0. The first-order valence-corrected chi connectivity index (χ1v) is 12.3. The molecule has 2 aromatic rings. The van der Waals surface area contributed by atoms with Crippen LogP contribution in [0.25, 0.3) is 11.3 Å². The molecule has 194 valence electrons. The van der Waals surface area contributed by atoms with Gasteiger partial charge in [-0.3, -0.25) is 9.48 Å². The average molecular weight is 516 g/mol. The number of methoxy groups -OCH3 is 1. The summed E-state index contributed by atoms with van der Waals surface area (Å²) >= 11 is 6.61. The predicted octanol–water partition coefficient (Wildman–Crippen LogP) is 5.64. The fourth-order valence-corrected chi connectivity index (χ4v) is 4.73. The van der Waals surface area contributed by atoms with Crippen LogP contribution in [0.3, 0.4) is 0 Å². The van der Waals surface area contributed by atoms with Crippen LogP contribution < -0.4 is 10.1 Å². The lowest BCUT2D eigenvalue weighted by molar-refractivity contribution is -0.169. The van der Waals surface area contributed by atoms with Gasteiger partial charge in [-0.05, 0) is 62.6 Å². The fraction of sp³-hybridized carbons (Fsp3) is 0.600. The van der Waals surface area contributed by atoms with Crippen molar-refractivity contribution in [2.24, 2.45) is 11.8 Å². The minimum absolute atomic E-state index is 0.0214. The van der Waals surface area contributed by atoms with Crippen molar-refractivity contribution in [2.75, 3.05) is 13.7 Å². The summed E-state index contributed by atoms with van der Waals surface area (Å²) < 4.78 is 46.0. The molecule has 3 rings (SSSR count). The Morgan fingerprint density at radius 1 is 1.37 bits per heavy atom. The molecule has 10 heteroatoms. The number of hydrogen-bond donors (Lipinski definition) is 2. The molecule has 1 aliphatic rings. The molecule has 1 saturated carbocycles. The molecule has 0 radical (unpaired) electrons. The molecule has 0 bridgehead atoms. The van der Waals surface area contributed by atoms with Crippen LogP contribution in [0, 0.1) is 11.8 Å². The van der Waals surface area contributed by atoms with Crippen molar-refractivity contribution in [1.29, 1.82) is 0 Å². The van der Waals surface area contributed by atoms with E-state index < -0.39 is 23.6 Å². The molecular formula is C25H33ClF3N3O3. The molecule has 2 N–H and O–H groups in total. The quantitative estimate of drug-likeness (QED) is 0.477. The van der Waals surface area contributed by atoms with Gasteiger partial charge < -0.3 is 15.2 Å². The molecule has 1 aromatic heterocycles. The predicted molar refractivity (Wildman–Crippen MR) is 129 cm³/mol. The first-order valence-electron chi connectivity index (χ1n) is 11.9. The molecule has 1 aliphatic carbocycles. The van der Waals surface area contributed by atoms with Gasteiger partial charge in [-0.1, -0.05) is 31.5 Å². The van der Waals surface area contributed by atoms with Crippen LogP contribution in [0.15, 0.2) is 18.2 Å². The van der Waals surface area contributed by atoms with Crippen LogP contribution in [-0.2, 0) is 13.0 Å². The minimum Gasteiger partial charge on any atom is -0.496 e. The minimum atomic E-state index is -4.29. The molecule has 1 heterocycles. The SMILES string of the molecule is CCn1nc(C(=O)NCC2(O)CCC(C)CC2)c(Cl)c1-c1ccc(CC(C)C(F)(F)F)cc1OC. The number of carbonyl (C=O) groups excluding carboxylic acids is 1. The second-order valence-electron chi connectivity index (χ2n) is 9.60. The van der Waals surface area contributed by atoms with Crippen LogP contribution in [0.5, 0.6) is 5.75 Å². The molecule has 35 heavy (non-hydrogen) atoms. The number of halogens is 4.